The van der Waals surface area contributed by atoms with E-state index in [1.165, 1.54) is 5.56 Å². The summed E-state index contributed by atoms with van der Waals surface area (Å²) in [4.78, 5) is 14.0. The number of anilines is 1. The standard InChI is InChI=1S/C17H20N2O/c1-13-6-8-14(9-7-13)11-17(20)19(2)16-5-3-4-15(10-16)12-18/h3-10H,11-12,18H2,1-2H3. The highest BCUT2D eigenvalue weighted by Crippen LogP contribution is 2.16. The number of aryl methyl sites for hydroxylation is 1. The van der Waals surface area contributed by atoms with Crippen molar-refractivity contribution in [2.45, 2.75) is 19.9 Å². The van der Waals surface area contributed by atoms with Crippen LogP contribution in [0.3, 0.4) is 0 Å². The van der Waals surface area contributed by atoms with Crippen molar-refractivity contribution in [3.63, 3.8) is 0 Å². The van der Waals surface area contributed by atoms with Crippen LogP contribution in [0, 0.1) is 6.92 Å². The molecular weight excluding hydrogens is 248 g/mol. The second-order valence-corrected chi connectivity index (χ2v) is 4.99. The Labute approximate surface area is 120 Å². The molecule has 0 radical (unpaired) electrons. The number of hydrogen-bond donors (Lipinski definition) is 1. The lowest BCUT2D eigenvalue weighted by Crippen LogP contribution is -2.27. The molecule has 0 saturated heterocycles. The molecule has 0 aliphatic carbocycles. The number of carbonyl (C=O) groups excluding carboxylic acids is 1. The van der Waals surface area contributed by atoms with Crippen LogP contribution in [0.1, 0.15) is 16.7 Å². The van der Waals surface area contributed by atoms with E-state index in [9.17, 15) is 4.79 Å². The van der Waals surface area contributed by atoms with Gasteiger partial charge in [0.25, 0.3) is 0 Å². The first-order valence-corrected chi connectivity index (χ1v) is 6.71. The van der Waals surface area contributed by atoms with Gasteiger partial charge in [0.05, 0.1) is 6.42 Å². The van der Waals surface area contributed by atoms with Crippen LogP contribution >= 0.6 is 0 Å². The van der Waals surface area contributed by atoms with Crippen molar-refractivity contribution in [1.82, 2.24) is 0 Å². The third-order valence-electron chi connectivity index (χ3n) is 3.38. The summed E-state index contributed by atoms with van der Waals surface area (Å²) in [5.41, 5.74) is 9.76. The zero-order valence-corrected chi connectivity index (χ0v) is 12.0. The van der Waals surface area contributed by atoms with E-state index in [0.29, 0.717) is 13.0 Å². The summed E-state index contributed by atoms with van der Waals surface area (Å²) >= 11 is 0. The zero-order valence-electron chi connectivity index (χ0n) is 12.0. The van der Waals surface area contributed by atoms with Crippen LogP contribution < -0.4 is 10.6 Å². The van der Waals surface area contributed by atoms with Crippen LogP contribution in [0.5, 0.6) is 0 Å². The van der Waals surface area contributed by atoms with Crippen LogP contribution in [-0.4, -0.2) is 13.0 Å². The van der Waals surface area contributed by atoms with Gasteiger partial charge in [-0.15, -0.1) is 0 Å². The Morgan fingerprint density at radius 3 is 2.45 bits per heavy atom. The summed E-state index contributed by atoms with van der Waals surface area (Å²) in [6, 6.07) is 15.8. The highest BCUT2D eigenvalue weighted by molar-refractivity contribution is 5.94. The van der Waals surface area contributed by atoms with Crippen LogP contribution in [0.15, 0.2) is 48.5 Å². The maximum absolute atomic E-state index is 12.3. The Bertz CT molecular complexity index is 590. The molecule has 0 aliphatic rings. The fourth-order valence-corrected chi connectivity index (χ4v) is 2.04. The Balaban J connectivity index is 2.09. The van der Waals surface area contributed by atoms with Gasteiger partial charge in [-0.05, 0) is 30.2 Å². The molecule has 0 atom stereocenters. The van der Waals surface area contributed by atoms with Crippen molar-refractivity contribution < 1.29 is 4.79 Å². The van der Waals surface area contributed by atoms with Crippen LogP contribution in [0.25, 0.3) is 0 Å². The van der Waals surface area contributed by atoms with Crippen LogP contribution in [0.4, 0.5) is 5.69 Å². The van der Waals surface area contributed by atoms with E-state index in [1.54, 1.807) is 11.9 Å². The zero-order chi connectivity index (χ0) is 14.5. The average Bonchev–Trinajstić information content (AvgIpc) is 2.48. The number of rotatable bonds is 4. The van der Waals surface area contributed by atoms with Crippen molar-refractivity contribution in [1.29, 1.82) is 0 Å². The van der Waals surface area contributed by atoms with E-state index in [0.717, 1.165) is 16.8 Å². The number of hydrogen-bond acceptors (Lipinski definition) is 2. The van der Waals surface area contributed by atoms with Crippen molar-refractivity contribution in [2.24, 2.45) is 5.73 Å². The monoisotopic (exact) mass is 268 g/mol. The van der Waals surface area contributed by atoms with E-state index in [2.05, 4.69) is 0 Å². The minimum Gasteiger partial charge on any atom is -0.326 e. The van der Waals surface area contributed by atoms with E-state index >= 15 is 0 Å². The molecule has 104 valence electrons. The second-order valence-electron chi connectivity index (χ2n) is 4.99. The third kappa shape index (κ3) is 3.45. The van der Waals surface area contributed by atoms with Gasteiger partial charge >= 0.3 is 0 Å². The number of nitrogens with two attached hydrogens (primary N) is 1. The Morgan fingerprint density at radius 1 is 1.10 bits per heavy atom. The molecule has 0 aromatic heterocycles. The molecule has 0 fully saturated rings. The van der Waals surface area contributed by atoms with Gasteiger partial charge in [0.2, 0.25) is 5.91 Å². The number of carbonyl (C=O) groups is 1. The normalized spacial score (nSPS) is 10.3. The van der Waals surface area contributed by atoms with Gasteiger partial charge in [-0.2, -0.15) is 0 Å². The highest BCUT2D eigenvalue weighted by Gasteiger charge is 2.11. The fraction of sp³-hybridized carbons (Fsp3) is 0.235. The maximum atomic E-state index is 12.3. The summed E-state index contributed by atoms with van der Waals surface area (Å²) in [6.07, 6.45) is 0.406. The molecule has 3 heteroatoms. The number of nitrogens with zero attached hydrogens (tertiary/aromatic N) is 1. The molecule has 0 bridgehead atoms. The van der Waals surface area contributed by atoms with Gasteiger partial charge in [0, 0.05) is 19.3 Å². The molecule has 2 rings (SSSR count). The van der Waals surface area contributed by atoms with Crippen LogP contribution in [0.2, 0.25) is 0 Å². The topological polar surface area (TPSA) is 46.3 Å². The third-order valence-corrected chi connectivity index (χ3v) is 3.38. The lowest BCUT2D eigenvalue weighted by Gasteiger charge is -2.18. The van der Waals surface area contributed by atoms with Crippen molar-refractivity contribution in [3.8, 4) is 0 Å². The first-order chi connectivity index (χ1) is 9.60. The SMILES string of the molecule is Cc1ccc(CC(=O)N(C)c2cccc(CN)c2)cc1. The first kappa shape index (κ1) is 14.3. The van der Waals surface area contributed by atoms with Crippen molar-refractivity contribution in [2.75, 3.05) is 11.9 Å². The maximum Gasteiger partial charge on any atom is 0.231 e. The molecule has 0 heterocycles. The molecule has 2 aromatic carbocycles. The number of likely N-dealkylation sites (N-methyl/N-ethyl adjacent to an activating group) is 1. The molecular formula is C17H20N2O. The smallest absolute Gasteiger partial charge is 0.231 e. The van der Waals surface area contributed by atoms with Gasteiger partial charge < -0.3 is 10.6 Å². The minimum absolute atomic E-state index is 0.0722. The largest absolute Gasteiger partial charge is 0.326 e. The summed E-state index contributed by atoms with van der Waals surface area (Å²) in [5.74, 6) is 0.0722. The van der Waals surface area contributed by atoms with Gasteiger partial charge in [0.1, 0.15) is 0 Å². The quantitative estimate of drug-likeness (QED) is 0.926. The summed E-state index contributed by atoms with van der Waals surface area (Å²) in [6.45, 7) is 2.52. The van der Waals surface area contributed by atoms with Gasteiger partial charge in [-0.3, -0.25) is 4.79 Å². The average molecular weight is 268 g/mol. The molecule has 2 N–H and O–H groups in total. The van der Waals surface area contributed by atoms with Gasteiger partial charge in [0.15, 0.2) is 0 Å². The number of benzene rings is 2. The molecule has 0 aliphatic heterocycles. The fourth-order valence-electron chi connectivity index (χ4n) is 2.04. The molecule has 0 unspecified atom stereocenters. The van der Waals surface area contributed by atoms with Crippen molar-refractivity contribution >= 4 is 11.6 Å². The molecule has 1 amide bonds. The molecule has 20 heavy (non-hydrogen) atoms. The predicted molar refractivity (Wildman–Crippen MR) is 82.6 cm³/mol. The molecule has 2 aromatic rings. The lowest BCUT2D eigenvalue weighted by atomic mass is 10.1. The van der Waals surface area contributed by atoms with E-state index < -0.39 is 0 Å². The minimum atomic E-state index is 0.0722. The second kappa shape index (κ2) is 6.35. The highest BCUT2D eigenvalue weighted by atomic mass is 16.2. The summed E-state index contributed by atoms with van der Waals surface area (Å²) in [7, 11) is 1.80. The Morgan fingerprint density at radius 2 is 1.80 bits per heavy atom. The van der Waals surface area contributed by atoms with Crippen molar-refractivity contribution in [3.05, 3.63) is 65.2 Å². The van der Waals surface area contributed by atoms with E-state index in [-0.39, 0.29) is 5.91 Å². The molecule has 3 nitrogen and oxygen atoms in total. The summed E-state index contributed by atoms with van der Waals surface area (Å²) in [5, 5.41) is 0. The first-order valence-electron chi connectivity index (χ1n) is 6.71. The van der Waals surface area contributed by atoms with Crippen LogP contribution in [-0.2, 0) is 17.8 Å². The predicted octanol–water partition coefficient (Wildman–Crippen LogP) is 2.66. The molecule has 0 saturated carbocycles. The van der Waals surface area contributed by atoms with Gasteiger partial charge in [-0.1, -0.05) is 42.0 Å². The summed E-state index contributed by atoms with van der Waals surface area (Å²) < 4.78 is 0. The Kier molecular flexibility index (Phi) is 4.53. The van der Waals surface area contributed by atoms with E-state index in [4.69, 9.17) is 5.73 Å². The molecule has 0 spiro atoms. The Hall–Kier alpha value is -2.13. The lowest BCUT2D eigenvalue weighted by molar-refractivity contribution is -0.117. The van der Waals surface area contributed by atoms with E-state index in [1.807, 2.05) is 55.5 Å². The van der Waals surface area contributed by atoms with Gasteiger partial charge in [-0.25, -0.2) is 0 Å². The number of amides is 1.